The van der Waals surface area contributed by atoms with Crippen molar-refractivity contribution in [1.82, 2.24) is 19.4 Å². The molecule has 0 bridgehead atoms. The largest absolute Gasteiger partial charge is 0.346 e. The van der Waals surface area contributed by atoms with Crippen molar-refractivity contribution < 1.29 is 9.18 Å². The minimum absolute atomic E-state index is 0.00733. The molecule has 0 spiro atoms. The number of hydrogen-bond donors (Lipinski definition) is 1. The molecule has 3 aromatic rings. The monoisotopic (exact) mass is 340 g/mol. The van der Waals surface area contributed by atoms with E-state index in [0.29, 0.717) is 12.2 Å². The summed E-state index contributed by atoms with van der Waals surface area (Å²) in [6.07, 6.45) is 3.81. The summed E-state index contributed by atoms with van der Waals surface area (Å²) in [6, 6.07) is 6.39. The molecule has 1 saturated heterocycles. The van der Waals surface area contributed by atoms with Gasteiger partial charge in [-0.3, -0.25) is 4.79 Å². The standard InChI is InChI=1S/C19H21FN4O/c1-12-10-21-18(22-12)13-4-3-7-24(11-13)19(25)17-9-14-8-15(20)5-6-16(14)23(17)2/h5-6,8-10,13H,3-4,7,11H2,1-2H3,(H,21,22). The predicted molar refractivity (Wildman–Crippen MR) is 94.1 cm³/mol. The molecule has 130 valence electrons. The highest BCUT2D eigenvalue weighted by molar-refractivity contribution is 5.98. The lowest BCUT2D eigenvalue weighted by Gasteiger charge is -2.32. The first-order chi connectivity index (χ1) is 12.0. The first-order valence-corrected chi connectivity index (χ1v) is 8.58. The molecule has 1 fully saturated rings. The van der Waals surface area contributed by atoms with Gasteiger partial charge in [0.2, 0.25) is 0 Å². The fraction of sp³-hybridized carbons (Fsp3) is 0.368. The number of hydrogen-bond acceptors (Lipinski definition) is 2. The number of fused-ring (bicyclic) bond motifs is 1. The molecular formula is C19H21FN4O. The summed E-state index contributed by atoms with van der Waals surface area (Å²) >= 11 is 0. The van der Waals surface area contributed by atoms with Gasteiger partial charge in [0.15, 0.2) is 0 Å². The average molecular weight is 340 g/mol. The van der Waals surface area contributed by atoms with Crippen LogP contribution in [0.15, 0.2) is 30.5 Å². The number of H-pyrrole nitrogens is 1. The van der Waals surface area contributed by atoms with Crippen molar-refractivity contribution in [2.75, 3.05) is 13.1 Å². The van der Waals surface area contributed by atoms with Crippen molar-refractivity contribution in [3.05, 3.63) is 53.5 Å². The van der Waals surface area contributed by atoms with Crippen LogP contribution in [-0.4, -0.2) is 38.4 Å². The Morgan fingerprint density at radius 1 is 1.36 bits per heavy atom. The highest BCUT2D eigenvalue weighted by atomic mass is 19.1. The first kappa shape index (κ1) is 15.9. The number of halogens is 1. The molecule has 5 nitrogen and oxygen atoms in total. The zero-order valence-electron chi connectivity index (χ0n) is 14.4. The summed E-state index contributed by atoms with van der Waals surface area (Å²) in [5.74, 6) is 0.892. The Morgan fingerprint density at radius 2 is 2.20 bits per heavy atom. The quantitative estimate of drug-likeness (QED) is 0.778. The second-order valence-corrected chi connectivity index (χ2v) is 6.83. The summed E-state index contributed by atoms with van der Waals surface area (Å²) in [6.45, 7) is 3.38. The Balaban J connectivity index is 1.61. The number of likely N-dealkylation sites (tertiary alicyclic amines) is 1. The molecule has 2 aromatic heterocycles. The third kappa shape index (κ3) is 2.81. The molecule has 3 heterocycles. The third-order valence-corrected chi connectivity index (χ3v) is 5.04. The summed E-state index contributed by atoms with van der Waals surface area (Å²) in [5, 5.41) is 0.751. The fourth-order valence-electron chi connectivity index (χ4n) is 3.71. The maximum Gasteiger partial charge on any atom is 0.270 e. The minimum atomic E-state index is -0.289. The first-order valence-electron chi connectivity index (χ1n) is 8.58. The Labute approximate surface area is 145 Å². The van der Waals surface area contributed by atoms with Gasteiger partial charge in [-0.1, -0.05) is 0 Å². The number of aromatic nitrogens is 3. The van der Waals surface area contributed by atoms with Gasteiger partial charge < -0.3 is 14.5 Å². The minimum Gasteiger partial charge on any atom is -0.346 e. The molecule has 1 atom stereocenters. The molecule has 1 aromatic carbocycles. The number of aryl methyl sites for hydroxylation is 2. The number of imidazole rings is 1. The Hall–Kier alpha value is -2.63. The molecule has 1 amide bonds. The van der Waals surface area contributed by atoms with E-state index >= 15 is 0 Å². The van der Waals surface area contributed by atoms with E-state index in [-0.39, 0.29) is 17.6 Å². The summed E-state index contributed by atoms with van der Waals surface area (Å²) < 4.78 is 15.3. The second kappa shape index (κ2) is 6.02. The maximum absolute atomic E-state index is 13.5. The molecule has 0 aliphatic carbocycles. The molecule has 1 N–H and O–H groups in total. The van der Waals surface area contributed by atoms with Crippen molar-refractivity contribution in [3.63, 3.8) is 0 Å². The van der Waals surface area contributed by atoms with Gasteiger partial charge in [0.05, 0.1) is 0 Å². The van der Waals surface area contributed by atoms with E-state index < -0.39 is 0 Å². The lowest BCUT2D eigenvalue weighted by atomic mass is 9.97. The van der Waals surface area contributed by atoms with Crippen molar-refractivity contribution in [2.45, 2.75) is 25.7 Å². The van der Waals surface area contributed by atoms with Crippen molar-refractivity contribution in [2.24, 2.45) is 7.05 Å². The topological polar surface area (TPSA) is 53.9 Å². The van der Waals surface area contributed by atoms with E-state index in [9.17, 15) is 9.18 Å². The van der Waals surface area contributed by atoms with Crippen LogP contribution in [0.1, 0.15) is 40.8 Å². The zero-order valence-corrected chi connectivity index (χ0v) is 14.4. The molecule has 6 heteroatoms. The van der Waals surface area contributed by atoms with Crippen molar-refractivity contribution in [3.8, 4) is 0 Å². The van der Waals surface area contributed by atoms with Crippen LogP contribution in [0, 0.1) is 12.7 Å². The predicted octanol–water partition coefficient (Wildman–Crippen LogP) is 3.37. The van der Waals surface area contributed by atoms with Crippen LogP contribution in [-0.2, 0) is 7.05 Å². The van der Waals surface area contributed by atoms with Gasteiger partial charge >= 0.3 is 0 Å². The average Bonchev–Trinajstić information content (AvgIpc) is 3.18. The Bertz CT molecular complexity index is 942. The summed E-state index contributed by atoms with van der Waals surface area (Å²) in [5.41, 5.74) is 2.49. The Kier molecular flexibility index (Phi) is 3.82. The van der Waals surface area contributed by atoms with Gasteiger partial charge in [0.1, 0.15) is 17.3 Å². The summed E-state index contributed by atoms with van der Waals surface area (Å²) in [7, 11) is 1.85. The summed E-state index contributed by atoms with van der Waals surface area (Å²) in [4.78, 5) is 22.6. The van der Waals surface area contributed by atoms with E-state index in [4.69, 9.17) is 0 Å². The van der Waals surface area contributed by atoms with E-state index in [1.165, 1.54) is 12.1 Å². The van der Waals surface area contributed by atoms with Gasteiger partial charge in [-0.25, -0.2) is 9.37 Å². The number of nitrogens with one attached hydrogen (secondary N) is 1. The van der Waals surface area contributed by atoms with Gasteiger partial charge in [-0.2, -0.15) is 0 Å². The molecule has 1 aliphatic rings. The van der Waals surface area contributed by atoms with E-state index in [2.05, 4.69) is 9.97 Å². The van der Waals surface area contributed by atoms with Crippen LogP contribution in [0.3, 0.4) is 0 Å². The number of amides is 1. The number of rotatable bonds is 2. The molecule has 0 saturated carbocycles. The van der Waals surface area contributed by atoms with Crippen LogP contribution >= 0.6 is 0 Å². The molecule has 1 aliphatic heterocycles. The Morgan fingerprint density at radius 3 is 2.96 bits per heavy atom. The molecule has 25 heavy (non-hydrogen) atoms. The fourth-order valence-corrected chi connectivity index (χ4v) is 3.71. The van der Waals surface area contributed by atoms with E-state index in [1.807, 2.05) is 29.6 Å². The number of benzene rings is 1. The number of carbonyl (C=O) groups is 1. The van der Waals surface area contributed by atoms with Gasteiger partial charge in [0.25, 0.3) is 5.91 Å². The van der Waals surface area contributed by atoms with Crippen LogP contribution < -0.4 is 0 Å². The van der Waals surface area contributed by atoms with Crippen molar-refractivity contribution >= 4 is 16.8 Å². The smallest absolute Gasteiger partial charge is 0.270 e. The molecular weight excluding hydrogens is 319 g/mol. The lowest BCUT2D eigenvalue weighted by Crippen LogP contribution is -2.40. The molecule has 0 radical (unpaired) electrons. The zero-order chi connectivity index (χ0) is 17.6. The number of carbonyl (C=O) groups excluding carboxylic acids is 1. The highest BCUT2D eigenvalue weighted by Gasteiger charge is 2.28. The van der Waals surface area contributed by atoms with Gasteiger partial charge in [0, 0.05) is 48.8 Å². The van der Waals surface area contributed by atoms with Crippen molar-refractivity contribution in [1.29, 1.82) is 0 Å². The third-order valence-electron chi connectivity index (χ3n) is 5.04. The second-order valence-electron chi connectivity index (χ2n) is 6.83. The molecule has 4 rings (SSSR count). The maximum atomic E-state index is 13.5. The highest BCUT2D eigenvalue weighted by Crippen LogP contribution is 2.27. The number of nitrogens with zero attached hydrogens (tertiary/aromatic N) is 3. The SMILES string of the molecule is Cc1cnc(C2CCCN(C(=O)c3cc4cc(F)ccc4n3C)C2)[nH]1. The number of aromatic amines is 1. The van der Waals surface area contributed by atoms with Gasteiger partial charge in [-0.05, 0) is 44.0 Å². The molecule has 1 unspecified atom stereocenters. The van der Waals surface area contributed by atoms with E-state index in [1.54, 1.807) is 12.1 Å². The van der Waals surface area contributed by atoms with Crippen LogP contribution in [0.4, 0.5) is 4.39 Å². The van der Waals surface area contributed by atoms with Crippen LogP contribution in [0.2, 0.25) is 0 Å². The van der Waals surface area contributed by atoms with Gasteiger partial charge in [-0.15, -0.1) is 0 Å². The van der Waals surface area contributed by atoms with E-state index in [0.717, 1.165) is 41.8 Å². The normalized spacial score (nSPS) is 18.0. The van der Waals surface area contributed by atoms with Crippen LogP contribution in [0.25, 0.3) is 10.9 Å². The number of piperidine rings is 1. The lowest BCUT2D eigenvalue weighted by molar-refractivity contribution is 0.0695. The van der Waals surface area contributed by atoms with Crippen LogP contribution in [0.5, 0.6) is 0 Å².